The van der Waals surface area contributed by atoms with E-state index in [0.29, 0.717) is 0 Å². The Labute approximate surface area is 122 Å². The van der Waals surface area contributed by atoms with E-state index in [1.54, 1.807) is 23.1 Å². The van der Waals surface area contributed by atoms with Crippen molar-refractivity contribution in [1.82, 2.24) is 9.88 Å². The van der Waals surface area contributed by atoms with Gasteiger partial charge in [-0.05, 0) is 25.0 Å². The van der Waals surface area contributed by atoms with Crippen molar-refractivity contribution < 1.29 is 14.3 Å². The minimum atomic E-state index is -0.424. The number of halogens is 1. The molecule has 1 aromatic heterocycles. The molecule has 6 heteroatoms. The highest BCUT2D eigenvalue weighted by molar-refractivity contribution is 6.29. The van der Waals surface area contributed by atoms with Crippen LogP contribution >= 0.6 is 11.6 Å². The van der Waals surface area contributed by atoms with Gasteiger partial charge in [0.05, 0.1) is 7.11 Å². The van der Waals surface area contributed by atoms with E-state index in [9.17, 15) is 9.59 Å². The number of methoxy groups -OCH3 is 1. The van der Waals surface area contributed by atoms with Gasteiger partial charge in [-0.2, -0.15) is 0 Å². The first-order valence-electron chi connectivity index (χ1n) is 6.62. The number of hydrogen-bond donors (Lipinski definition) is 0. The van der Waals surface area contributed by atoms with Crippen molar-refractivity contribution in [1.29, 1.82) is 0 Å². The van der Waals surface area contributed by atoms with E-state index in [4.69, 9.17) is 11.6 Å². The Hall–Kier alpha value is -1.62. The molecule has 5 nitrogen and oxygen atoms in total. The van der Waals surface area contributed by atoms with Gasteiger partial charge in [0.25, 0.3) is 5.91 Å². The van der Waals surface area contributed by atoms with Crippen molar-refractivity contribution >= 4 is 23.5 Å². The molecule has 0 saturated heterocycles. The van der Waals surface area contributed by atoms with E-state index in [1.165, 1.54) is 7.11 Å². The predicted octanol–water partition coefficient (Wildman–Crippen LogP) is 2.29. The maximum Gasteiger partial charge on any atom is 0.325 e. The molecule has 2 rings (SSSR count). The van der Waals surface area contributed by atoms with Crippen LogP contribution in [0.25, 0.3) is 0 Å². The molecular formula is C14H17ClN2O3. The van der Waals surface area contributed by atoms with Gasteiger partial charge >= 0.3 is 5.97 Å². The van der Waals surface area contributed by atoms with Crippen LogP contribution in [0.15, 0.2) is 18.2 Å². The lowest BCUT2D eigenvalue weighted by Gasteiger charge is -2.27. The van der Waals surface area contributed by atoms with E-state index < -0.39 is 5.97 Å². The molecule has 0 aromatic carbocycles. The number of nitrogens with zero attached hydrogens (tertiary/aromatic N) is 2. The third kappa shape index (κ3) is 3.48. The van der Waals surface area contributed by atoms with Crippen LogP contribution in [0.1, 0.15) is 36.2 Å². The topological polar surface area (TPSA) is 59.5 Å². The van der Waals surface area contributed by atoms with Crippen LogP contribution in [0.3, 0.4) is 0 Å². The Morgan fingerprint density at radius 2 is 2.10 bits per heavy atom. The van der Waals surface area contributed by atoms with Gasteiger partial charge in [0.2, 0.25) is 0 Å². The number of carbonyl (C=O) groups is 2. The van der Waals surface area contributed by atoms with Crippen molar-refractivity contribution in [3.05, 3.63) is 29.0 Å². The van der Waals surface area contributed by atoms with Gasteiger partial charge in [-0.15, -0.1) is 0 Å². The molecule has 0 unspecified atom stereocenters. The molecule has 0 bridgehead atoms. The number of rotatable bonds is 4. The van der Waals surface area contributed by atoms with Gasteiger partial charge in [-0.3, -0.25) is 9.59 Å². The highest BCUT2D eigenvalue weighted by Gasteiger charge is 2.30. The number of carbonyl (C=O) groups excluding carboxylic acids is 2. The van der Waals surface area contributed by atoms with Crippen molar-refractivity contribution in [2.75, 3.05) is 13.7 Å². The summed E-state index contributed by atoms with van der Waals surface area (Å²) in [6.45, 7) is -0.0474. The zero-order valence-electron chi connectivity index (χ0n) is 11.3. The van der Waals surface area contributed by atoms with E-state index >= 15 is 0 Å². The molecule has 0 radical (unpaired) electrons. The second kappa shape index (κ2) is 6.70. The summed E-state index contributed by atoms with van der Waals surface area (Å²) in [7, 11) is 1.32. The van der Waals surface area contributed by atoms with E-state index in [2.05, 4.69) is 9.72 Å². The number of ether oxygens (including phenoxy) is 1. The molecule has 0 atom stereocenters. The summed E-state index contributed by atoms with van der Waals surface area (Å²) in [6.07, 6.45) is 3.95. The van der Waals surface area contributed by atoms with Crippen LogP contribution in [-0.2, 0) is 9.53 Å². The van der Waals surface area contributed by atoms with Crippen LogP contribution in [-0.4, -0.2) is 41.5 Å². The van der Waals surface area contributed by atoms with Crippen molar-refractivity contribution in [2.24, 2.45) is 0 Å². The fourth-order valence-electron chi connectivity index (χ4n) is 2.46. The third-order valence-corrected chi connectivity index (χ3v) is 3.70. The van der Waals surface area contributed by atoms with E-state index in [-0.39, 0.29) is 29.3 Å². The second-order valence-electron chi connectivity index (χ2n) is 4.79. The first kappa shape index (κ1) is 14.8. The summed E-state index contributed by atoms with van der Waals surface area (Å²) in [4.78, 5) is 29.6. The largest absolute Gasteiger partial charge is 0.468 e. The lowest BCUT2D eigenvalue weighted by molar-refractivity contribution is -0.141. The molecule has 0 N–H and O–H groups in total. The maximum absolute atomic E-state index is 12.5. The van der Waals surface area contributed by atoms with E-state index in [0.717, 1.165) is 25.7 Å². The number of amides is 1. The Bertz CT molecular complexity index is 501. The summed E-state index contributed by atoms with van der Waals surface area (Å²) in [5.41, 5.74) is 0.258. The summed E-state index contributed by atoms with van der Waals surface area (Å²) < 4.78 is 4.67. The number of aromatic nitrogens is 1. The normalized spacial score (nSPS) is 15.1. The zero-order chi connectivity index (χ0) is 14.5. The molecule has 1 saturated carbocycles. The molecule has 1 fully saturated rings. The summed E-state index contributed by atoms with van der Waals surface area (Å²) >= 11 is 5.81. The van der Waals surface area contributed by atoms with Gasteiger partial charge < -0.3 is 9.64 Å². The smallest absolute Gasteiger partial charge is 0.325 e. The van der Waals surface area contributed by atoms with Crippen LogP contribution in [0, 0.1) is 0 Å². The monoisotopic (exact) mass is 296 g/mol. The van der Waals surface area contributed by atoms with Gasteiger partial charge in [0, 0.05) is 6.04 Å². The molecule has 0 aliphatic heterocycles. The molecule has 0 spiro atoms. The van der Waals surface area contributed by atoms with Gasteiger partial charge in [0.15, 0.2) is 0 Å². The van der Waals surface area contributed by atoms with Crippen LogP contribution in [0.2, 0.25) is 5.15 Å². The molecule has 1 aromatic rings. The van der Waals surface area contributed by atoms with Crippen molar-refractivity contribution in [2.45, 2.75) is 31.7 Å². The third-order valence-electron chi connectivity index (χ3n) is 3.49. The second-order valence-corrected chi connectivity index (χ2v) is 5.18. The molecule has 108 valence electrons. The summed E-state index contributed by atoms with van der Waals surface area (Å²) in [5.74, 6) is -0.697. The van der Waals surface area contributed by atoms with Crippen molar-refractivity contribution in [3.63, 3.8) is 0 Å². The van der Waals surface area contributed by atoms with Gasteiger partial charge in [-0.1, -0.05) is 30.5 Å². The Kier molecular flexibility index (Phi) is 4.95. The van der Waals surface area contributed by atoms with Gasteiger partial charge in [0.1, 0.15) is 17.4 Å². The Morgan fingerprint density at radius 3 is 2.70 bits per heavy atom. The average molecular weight is 297 g/mol. The quantitative estimate of drug-likeness (QED) is 0.632. The standard InChI is InChI=1S/C14H17ClN2O3/c1-20-13(18)9-17(10-5-2-3-6-10)14(19)11-7-4-8-12(15)16-11/h4,7-8,10H,2-3,5-6,9H2,1H3. The Balaban J connectivity index is 2.20. The number of esters is 1. The van der Waals surface area contributed by atoms with Crippen LogP contribution in [0.5, 0.6) is 0 Å². The van der Waals surface area contributed by atoms with Crippen molar-refractivity contribution in [3.8, 4) is 0 Å². The fraction of sp³-hybridized carbons (Fsp3) is 0.500. The summed E-state index contributed by atoms with van der Waals surface area (Å²) in [5, 5.41) is 0.264. The fourth-order valence-corrected chi connectivity index (χ4v) is 2.62. The first-order chi connectivity index (χ1) is 9.61. The molecular weight excluding hydrogens is 280 g/mol. The summed E-state index contributed by atoms with van der Waals surface area (Å²) in [6, 6.07) is 4.96. The molecule has 20 heavy (non-hydrogen) atoms. The van der Waals surface area contributed by atoms with Crippen LogP contribution in [0.4, 0.5) is 0 Å². The lowest BCUT2D eigenvalue weighted by atomic mass is 10.2. The molecule has 1 aliphatic rings. The van der Waals surface area contributed by atoms with E-state index in [1.807, 2.05) is 0 Å². The Morgan fingerprint density at radius 1 is 1.40 bits per heavy atom. The maximum atomic E-state index is 12.5. The zero-order valence-corrected chi connectivity index (χ0v) is 12.1. The first-order valence-corrected chi connectivity index (χ1v) is 7.00. The number of hydrogen-bond acceptors (Lipinski definition) is 4. The SMILES string of the molecule is COC(=O)CN(C(=O)c1cccc(Cl)n1)C1CCCC1. The highest BCUT2D eigenvalue weighted by atomic mass is 35.5. The minimum absolute atomic E-state index is 0.0474. The predicted molar refractivity (Wildman–Crippen MR) is 74.6 cm³/mol. The average Bonchev–Trinajstić information content (AvgIpc) is 2.97. The van der Waals surface area contributed by atoms with Crippen LogP contribution < -0.4 is 0 Å². The molecule has 1 aliphatic carbocycles. The number of pyridine rings is 1. The lowest BCUT2D eigenvalue weighted by Crippen LogP contribution is -2.43. The minimum Gasteiger partial charge on any atom is -0.468 e. The molecule has 1 heterocycles. The van der Waals surface area contributed by atoms with Gasteiger partial charge in [-0.25, -0.2) is 4.98 Å². The highest BCUT2D eigenvalue weighted by Crippen LogP contribution is 2.24. The molecule has 1 amide bonds.